The molecule has 0 saturated heterocycles. The molecule has 2 heterocycles. The van der Waals surface area contributed by atoms with Crippen LogP contribution in [0.3, 0.4) is 0 Å². The molecule has 0 aromatic carbocycles. The van der Waals surface area contributed by atoms with Crippen molar-refractivity contribution in [1.29, 1.82) is 0 Å². The number of ether oxygens (including phenoxy) is 1. The molecule has 7 nitrogen and oxygen atoms in total. The number of nitrogens with one attached hydrogen (secondary N) is 1. The van der Waals surface area contributed by atoms with Gasteiger partial charge in [-0.1, -0.05) is 5.16 Å². The number of nitrogens with zero attached hydrogens (tertiary/aromatic N) is 3. The molecule has 0 bridgehead atoms. The minimum absolute atomic E-state index is 0.410. The molecule has 0 aliphatic heterocycles. The van der Waals surface area contributed by atoms with Crippen LogP contribution in [-0.2, 0) is 6.42 Å². The number of rotatable bonds is 5. The van der Waals surface area contributed by atoms with Gasteiger partial charge in [0.2, 0.25) is 11.8 Å². The molecule has 0 saturated carbocycles. The SMILES string of the molecule is COc1nc(NCCc2ncno2)ccc1N. The maximum Gasteiger partial charge on any atom is 0.238 e. The fourth-order valence-electron chi connectivity index (χ4n) is 1.32. The van der Waals surface area contributed by atoms with E-state index in [0.29, 0.717) is 36.2 Å². The van der Waals surface area contributed by atoms with Gasteiger partial charge in [-0.25, -0.2) is 0 Å². The monoisotopic (exact) mass is 235 g/mol. The predicted molar refractivity (Wildman–Crippen MR) is 61.7 cm³/mol. The first-order chi connectivity index (χ1) is 8.29. The van der Waals surface area contributed by atoms with Crippen LogP contribution in [0.2, 0.25) is 0 Å². The van der Waals surface area contributed by atoms with E-state index in [0.717, 1.165) is 0 Å². The van der Waals surface area contributed by atoms with Gasteiger partial charge in [0.1, 0.15) is 5.82 Å². The molecule has 0 spiro atoms. The van der Waals surface area contributed by atoms with Crippen LogP contribution in [0.4, 0.5) is 11.5 Å². The molecule has 3 N–H and O–H groups in total. The Bertz CT molecular complexity index is 472. The molecular formula is C10H13N5O2. The van der Waals surface area contributed by atoms with E-state index in [1.54, 1.807) is 12.1 Å². The van der Waals surface area contributed by atoms with Crippen molar-refractivity contribution in [3.63, 3.8) is 0 Å². The molecule has 90 valence electrons. The first-order valence-electron chi connectivity index (χ1n) is 5.09. The van der Waals surface area contributed by atoms with Gasteiger partial charge >= 0.3 is 0 Å². The van der Waals surface area contributed by atoms with Crippen molar-refractivity contribution >= 4 is 11.5 Å². The summed E-state index contributed by atoms with van der Waals surface area (Å²) in [6.45, 7) is 0.641. The molecule has 0 unspecified atom stereocenters. The average molecular weight is 235 g/mol. The Morgan fingerprint density at radius 3 is 3.06 bits per heavy atom. The highest BCUT2D eigenvalue weighted by Crippen LogP contribution is 2.19. The summed E-state index contributed by atoms with van der Waals surface area (Å²) >= 11 is 0. The normalized spacial score (nSPS) is 10.2. The highest BCUT2D eigenvalue weighted by atomic mass is 16.5. The molecule has 7 heteroatoms. The molecule has 0 fully saturated rings. The fourth-order valence-corrected chi connectivity index (χ4v) is 1.32. The zero-order valence-corrected chi connectivity index (χ0v) is 9.38. The highest BCUT2D eigenvalue weighted by molar-refractivity contribution is 5.53. The lowest BCUT2D eigenvalue weighted by molar-refractivity contribution is 0.379. The summed E-state index contributed by atoms with van der Waals surface area (Å²) in [6, 6.07) is 3.52. The largest absolute Gasteiger partial charge is 0.479 e. The quantitative estimate of drug-likeness (QED) is 0.787. The number of nitrogens with two attached hydrogens (primary N) is 1. The van der Waals surface area contributed by atoms with E-state index in [1.165, 1.54) is 13.4 Å². The van der Waals surface area contributed by atoms with Crippen molar-refractivity contribution in [2.24, 2.45) is 0 Å². The second-order valence-corrected chi connectivity index (χ2v) is 3.31. The number of anilines is 2. The van der Waals surface area contributed by atoms with Crippen LogP contribution in [0.1, 0.15) is 5.89 Å². The molecule has 0 aliphatic carbocycles. The van der Waals surface area contributed by atoms with E-state index in [4.69, 9.17) is 15.0 Å². The van der Waals surface area contributed by atoms with E-state index >= 15 is 0 Å². The van der Waals surface area contributed by atoms with Gasteiger partial charge in [-0.15, -0.1) is 0 Å². The van der Waals surface area contributed by atoms with Crippen LogP contribution >= 0.6 is 0 Å². The third-order valence-corrected chi connectivity index (χ3v) is 2.13. The molecule has 2 rings (SSSR count). The van der Waals surface area contributed by atoms with Gasteiger partial charge < -0.3 is 20.3 Å². The van der Waals surface area contributed by atoms with E-state index in [9.17, 15) is 0 Å². The zero-order chi connectivity index (χ0) is 12.1. The van der Waals surface area contributed by atoms with Crippen molar-refractivity contribution in [3.05, 3.63) is 24.4 Å². The minimum atomic E-state index is 0.410. The summed E-state index contributed by atoms with van der Waals surface area (Å²) in [5.74, 6) is 1.68. The molecule has 0 radical (unpaired) electrons. The Balaban J connectivity index is 1.90. The molecule has 2 aromatic heterocycles. The number of aromatic nitrogens is 3. The number of methoxy groups -OCH3 is 1. The summed E-state index contributed by atoms with van der Waals surface area (Å²) in [6.07, 6.45) is 2.01. The van der Waals surface area contributed by atoms with Gasteiger partial charge in [0.05, 0.1) is 12.8 Å². The van der Waals surface area contributed by atoms with Crippen LogP contribution in [0.5, 0.6) is 5.88 Å². The van der Waals surface area contributed by atoms with Gasteiger partial charge in [-0.3, -0.25) is 0 Å². The summed E-state index contributed by atoms with van der Waals surface area (Å²) in [5.41, 5.74) is 6.17. The highest BCUT2D eigenvalue weighted by Gasteiger charge is 2.03. The lowest BCUT2D eigenvalue weighted by Gasteiger charge is -2.07. The lowest BCUT2D eigenvalue weighted by atomic mass is 10.3. The Kier molecular flexibility index (Phi) is 3.39. The van der Waals surface area contributed by atoms with E-state index in [2.05, 4.69) is 20.4 Å². The molecular weight excluding hydrogens is 222 g/mol. The predicted octanol–water partition coefficient (Wildman–Crippen LogP) is 0.710. The number of hydrogen-bond acceptors (Lipinski definition) is 7. The molecule has 0 aliphatic rings. The Morgan fingerprint density at radius 2 is 2.35 bits per heavy atom. The first-order valence-corrected chi connectivity index (χ1v) is 5.09. The zero-order valence-electron chi connectivity index (χ0n) is 9.38. The van der Waals surface area contributed by atoms with Crippen molar-refractivity contribution in [1.82, 2.24) is 15.1 Å². The standard InChI is InChI=1S/C10H13N5O2/c1-16-10-7(11)2-3-8(15-10)12-5-4-9-13-6-14-17-9/h2-3,6H,4-5,11H2,1H3,(H,12,15). The second kappa shape index (κ2) is 5.15. The van der Waals surface area contributed by atoms with Crippen molar-refractivity contribution < 1.29 is 9.26 Å². The Hall–Kier alpha value is -2.31. The summed E-state index contributed by atoms with van der Waals surface area (Å²) < 4.78 is 9.89. The number of hydrogen-bond donors (Lipinski definition) is 2. The number of nitrogen functional groups attached to an aromatic ring is 1. The smallest absolute Gasteiger partial charge is 0.238 e. The summed E-state index contributed by atoms with van der Waals surface area (Å²) in [7, 11) is 1.53. The van der Waals surface area contributed by atoms with Gasteiger partial charge in [-0.05, 0) is 12.1 Å². The molecule has 0 amide bonds. The van der Waals surface area contributed by atoms with Gasteiger partial charge in [-0.2, -0.15) is 9.97 Å². The Morgan fingerprint density at radius 1 is 1.47 bits per heavy atom. The van der Waals surface area contributed by atoms with Gasteiger partial charge in [0.15, 0.2) is 6.33 Å². The number of pyridine rings is 1. The van der Waals surface area contributed by atoms with Gasteiger partial charge in [0.25, 0.3) is 0 Å². The van der Waals surface area contributed by atoms with Gasteiger partial charge in [0, 0.05) is 13.0 Å². The molecule has 17 heavy (non-hydrogen) atoms. The van der Waals surface area contributed by atoms with Crippen molar-refractivity contribution in [3.8, 4) is 5.88 Å². The van der Waals surface area contributed by atoms with E-state index in [-0.39, 0.29) is 0 Å². The maximum atomic E-state index is 5.66. The average Bonchev–Trinajstić information content (AvgIpc) is 2.84. The second-order valence-electron chi connectivity index (χ2n) is 3.31. The molecule has 0 atom stereocenters. The van der Waals surface area contributed by atoms with Crippen LogP contribution < -0.4 is 15.8 Å². The van der Waals surface area contributed by atoms with Crippen LogP contribution in [0, 0.1) is 0 Å². The van der Waals surface area contributed by atoms with E-state index < -0.39 is 0 Å². The lowest BCUT2D eigenvalue weighted by Crippen LogP contribution is -2.07. The summed E-state index contributed by atoms with van der Waals surface area (Å²) in [5, 5.41) is 6.63. The van der Waals surface area contributed by atoms with Crippen LogP contribution in [0.25, 0.3) is 0 Å². The first kappa shape index (κ1) is 11.2. The van der Waals surface area contributed by atoms with Crippen LogP contribution in [-0.4, -0.2) is 28.8 Å². The summed E-state index contributed by atoms with van der Waals surface area (Å²) in [4.78, 5) is 8.10. The third kappa shape index (κ3) is 2.83. The van der Waals surface area contributed by atoms with Crippen molar-refractivity contribution in [2.45, 2.75) is 6.42 Å². The topological polar surface area (TPSA) is 99.1 Å². The van der Waals surface area contributed by atoms with Crippen molar-refractivity contribution in [2.75, 3.05) is 24.7 Å². The minimum Gasteiger partial charge on any atom is -0.479 e. The Labute approximate surface area is 98.0 Å². The third-order valence-electron chi connectivity index (χ3n) is 2.13. The van der Waals surface area contributed by atoms with Crippen LogP contribution in [0.15, 0.2) is 23.0 Å². The molecule has 2 aromatic rings. The van der Waals surface area contributed by atoms with E-state index in [1.807, 2.05) is 0 Å². The fraction of sp³-hybridized carbons (Fsp3) is 0.300. The maximum absolute atomic E-state index is 5.66.